The Morgan fingerprint density at radius 3 is 2.68 bits per heavy atom. The van der Waals surface area contributed by atoms with Gasteiger partial charge in [-0.15, -0.1) is 0 Å². The highest BCUT2D eigenvalue weighted by molar-refractivity contribution is 9.10. The van der Waals surface area contributed by atoms with Crippen molar-refractivity contribution in [1.82, 2.24) is 0 Å². The van der Waals surface area contributed by atoms with Gasteiger partial charge in [-0.05, 0) is 24.6 Å². The molecule has 0 aromatic heterocycles. The maximum atomic E-state index is 11.3. The van der Waals surface area contributed by atoms with Crippen molar-refractivity contribution in [3.63, 3.8) is 0 Å². The number of unbranched alkanes of at least 4 members (excludes halogenated alkanes) is 1. The van der Waals surface area contributed by atoms with Crippen LogP contribution in [0.3, 0.4) is 0 Å². The van der Waals surface area contributed by atoms with E-state index >= 15 is 0 Å². The summed E-state index contributed by atoms with van der Waals surface area (Å²) in [5.41, 5.74) is 5.99. The topological polar surface area (TPSA) is 92.4 Å². The van der Waals surface area contributed by atoms with Crippen molar-refractivity contribution >= 4 is 33.5 Å². The molecule has 1 unspecified atom stereocenters. The quantitative estimate of drug-likeness (QED) is 0.717. The molecule has 0 saturated heterocycles. The lowest BCUT2D eigenvalue weighted by atomic mass is 10.1. The van der Waals surface area contributed by atoms with E-state index in [9.17, 15) is 9.59 Å². The third-order valence-corrected chi connectivity index (χ3v) is 3.21. The Labute approximate surface area is 120 Å². The normalized spacial score (nSPS) is 11.9. The number of carboxylic acid groups (broad SMARTS) is 1. The van der Waals surface area contributed by atoms with Gasteiger partial charge in [-0.25, -0.2) is 4.79 Å². The fraction of sp³-hybridized carbons (Fsp3) is 0.385. The predicted molar refractivity (Wildman–Crippen MR) is 77.2 cm³/mol. The number of amides is 1. The fourth-order valence-electron chi connectivity index (χ4n) is 1.70. The van der Waals surface area contributed by atoms with E-state index in [1.807, 2.05) is 6.92 Å². The van der Waals surface area contributed by atoms with Gasteiger partial charge in [-0.3, -0.25) is 4.79 Å². The van der Waals surface area contributed by atoms with E-state index in [2.05, 4.69) is 21.2 Å². The number of carbonyl (C=O) groups is 2. The number of aliphatic carboxylic acids is 1. The first kappa shape index (κ1) is 15.5. The van der Waals surface area contributed by atoms with Crippen LogP contribution in [-0.4, -0.2) is 23.0 Å². The van der Waals surface area contributed by atoms with Crippen LogP contribution < -0.4 is 11.1 Å². The average Bonchev–Trinajstić information content (AvgIpc) is 2.33. The molecule has 0 aliphatic heterocycles. The van der Waals surface area contributed by atoms with Crippen LogP contribution in [0, 0.1) is 0 Å². The highest BCUT2D eigenvalue weighted by Crippen LogP contribution is 2.23. The number of primary amides is 1. The van der Waals surface area contributed by atoms with E-state index in [0.717, 1.165) is 17.3 Å². The van der Waals surface area contributed by atoms with Crippen LogP contribution in [0.25, 0.3) is 0 Å². The van der Waals surface area contributed by atoms with Gasteiger partial charge in [0.25, 0.3) is 5.91 Å². The van der Waals surface area contributed by atoms with Crippen molar-refractivity contribution in [2.45, 2.75) is 32.2 Å². The van der Waals surface area contributed by atoms with Crippen LogP contribution in [0.4, 0.5) is 5.69 Å². The summed E-state index contributed by atoms with van der Waals surface area (Å²) >= 11 is 3.29. The molecule has 19 heavy (non-hydrogen) atoms. The highest BCUT2D eigenvalue weighted by Gasteiger charge is 2.19. The third-order valence-electron chi connectivity index (χ3n) is 2.72. The van der Waals surface area contributed by atoms with E-state index in [4.69, 9.17) is 10.8 Å². The second-order valence-corrected chi connectivity index (χ2v) is 5.15. The maximum absolute atomic E-state index is 11.3. The molecule has 1 aromatic carbocycles. The molecule has 1 amide bonds. The Hall–Kier alpha value is -1.56. The van der Waals surface area contributed by atoms with Crippen LogP contribution in [0.1, 0.15) is 36.5 Å². The van der Waals surface area contributed by atoms with Crippen molar-refractivity contribution in [2.75, 3.05) is 5.32 Å². The molecule has 0 aliphatic rings. The molecule has 104 valence electrons. The minimum absolute atomic E-state index is 0.283. The van der Waals surface area contributed by atoms with Gasteiger partial charge in [0.2, 0.25) is 0 Å². The number of anilines is 1. The van der Waals surface area contributed by atoms with Gasteiger partial charge in [0.05, 0.1) is 5.56 Å². The summed E-state index contributed by atoms with van der Waals surface area (Å²) < 4.78 is 0.750. The van der Waals surface area contributed by atoms with E-state index < -0.39 is 17.9 Å². The Morgan fingerprint density at radius 2 is 2.16 bits per heavy atom. The molecule has 5 nitrogen and oxygen atoms in total. The van der Waals surface area contributed by atoms with Gasteiger partial charge in [0, 0.05) is 10.2 Å². The van der Waals surface area contributed by atoms with E-state index in [1.54, 1.807) is 18.2 Å². The SMILES string of the molecule is CCCCC(Nc1cc(Br)ccc1C(N)=O)C(=O)O. The standard InChI is InChI=1S/C13H17BrN2O3/c1-2-3-4-10(13(18)19)16-11-7-8(14)5-6-9(11)12(15)17/h5-7,10,16H,2-4H2,1H3,(H2,15,17)(H,18,19). The summed E-state index contributed by atoms with van der Waals surface area (Å²) in [7, 11) is 0. The Morgan fingerprint density at radius 1 is 1.47 bits per heavy atom. The first-order valence-corrected chi connectivity index (χ1v) is 6.83. The smallest absolute Gasteiger partial charge is 0.326 e. The number of benzene rings is 1. The fourth-order valence-corrected chi connectivity index (χ4v) is 2.07. The van der Waals surface area contributed by atoms with Crippen LogP contribution in [0.5, 0.6) is 0 Å². The van der Waals surface area contributed by atoms with Crippen molar-refractivity contribution in [1.29, 1.82) is 0 Å². The Bertz CT molecular complexity index is 477. The molecule has 1 aromatic rings. The van der Waals surface area contributed by atoms with Gasteiger partial charge in [0.15, 0.2) is 0 Å². The number of nitrogens with two attached hydrogens (primary N) is 1. The molecule has 0 bridgehead atoms. The Balaban J connectivity index is 2.97. The largest absolute Gasteiger partial charge is 0.480 e. The molecule has 4 N–H and O–H groups in total. The summed E-state index contributed by atoms with van der Waals surface area (Å²) in [6, 6.07) is 4.18. The number of halogens is 1. The number of nitrogens with one attached hydrogen (secondary N) is 1. The van der Waals surface area contributed by atoms with Crippen molar-refractivity contribution in [3.8, 4) is 0 Å². The van der Waals surface area contributed by atoms with Crippen molar-refractivity contribution in [2.24, 2.45) is 5.73 Å². The zero-order chi connectivity index (χ0) is 14.4. The maximum Gasteiger partial charge on any atom is 0.326 e. The van der Waals surface area contributed by atoms with E-state index in [-0.39, 0.29) is 5.56 Å². The van der Waals surface area contributed by atoms with Gasteiger partial charge < -0.3 is 16.2 Å². The third kappa shape index (κ3) is 4.55. The number of rotatable bonds is 7. The van der Waals surface area contributed by atoms with Gasteiger partial charge >= 0.3 is 5.97 Å². The van der Waals surface area contributed by atoms with Crippen LogP contribution in [0.15, 0.2) is 22.7 Å². The zero-order valence-corrected chi connectivity index (χ0v) is 12.2. The minimum Gasteiger partial charge on any atom is -0.480 e. The van der Waals surface area contributed by atoms with Gasteiger partial charge in [-0.2, -0.15) is 0 Å². The second kappa shape index (κ2) is 7.13. The molecule has 0 heterocycles. The summed E-state index contributed by atoms with van der Waals surface area (Å²) in [5.74, 6) is -1.53. The Kier molecular flexibility index (Phi) is 5.82. The predicted octanol–water partition coefficient (Wildman–Crippen LogP) is 2.60. The van der Waals surface area contributed by atoms with Gasteiger partial charge in [-0.1, -0.05) is 35.7 Å². The molecule has 0 saturated carbocycles. The molecule has 0 spiro atoms. The molecule has 1 atom stereocenters. The average molecular weight is 329 g/mol. The number of hydrogen-bond donors (Lipinski definition) is 3. The molecule has 0 aliphatic carbocycles. The highest BCUT2D eigenvalue weighted by atomic mass is 79.9. The van der Waals surface area contributed by atoms with Crippen LogP contribution >= 0.6 is 15.9 Å². The molecule has 0 fully saturated rings. The number of hydrogen-bond acceptors (Lipinski definition) is 3. The summed E-state index contributed by atoms with van der Waals surface area (Å²) in [6.07, 6.45) is 2.20. The zero-order valence-electron chi connectivity index (χ0n) is 10.6. The monoisotopic (exact) mass is 328 g/mol. The minimum atomic E-state index is -0.941. The summed E-state index contributed by atoms with van der Waals surface area (Å²) in [5, 5.41) is 12.0. The van der Waals surface area contributed by atoms with Crippen molar-refractivity contribution in [3.05, 3.63) is 28.2 Å². The molecular formula is C13H17BrN2O3. The molecule has 6 heteroatoms. The first-order chi connectivity index (χ1) is 8.95. The lowest BCUT2D eigenvalue weighted by molar-refractivity contribution is -0.138. The first-order valence-electron chi connectivity index (χ1n) is 6.04. The van der Waals surface area contributed by atoms with Crippen molar-refractivity contribution < 1.29 is 14.7 Å². The molecule has 1 rings (SSSR count). The summed E-state index contributed by atoms with van der Waals surface area (Å²) in [4.78, 5) is 22.5. The van der Waals surface area contributed by atoms with Gasteiger partial charge in [0.1, 0.15) is 6.04 Å². The van der Waals surface area contributed by atoms with E-state index in [0.29, 0.717) is 12.1 Å². The van der Waals surface area contributed by atoms with E-state index in [1.165, 1.54) is 0 Å². The summed E-state index contributed by atoms with van der Waals surface area (Å²) in [6.45, 7) is 1.99. The lowest BCUT2D eigenvalue weighted by Gasteiger charge is -2.17. The molecule has 0 radical (unpaired) electrons. The van der Waals surface area contributed by atoms with Crippen LogP contribution in [0.2, 0.25) is 0 Å². The number of carbonyl (C=O) groups excluding carboxylic acids is 1. The second-order valence-electron chi connectivity index (χ2n) is 4.23. The van der Waals surface area contributed by atoms with Crippen LogP contribution in [-0.2, 0) is 4.79 Å². The molecular weight excluding hydrogens is 312 g/mol. The lowest BCUT2D eigenvalue weighted by Crippen LogP contribution is -2.30. The number of carboxylic acids is 1.